The summed E-state index contributed by atoms with van der Waals surface area (Å²) in [6, 6.07) is 13.7. The van der Waals surface area contributed by atoms with Crippen LogP contribution in [0, 0.1) is 0 Å². The van der Waals surface area contributed by atoms with E-state index in [2.05, 4.69) is 17.1 Å². The summed E-state index contributed by atoms with van der Waals surface area (Å²) in [5.74, 6) is 1.75. The van der Waals surface area contributed by atoms with Crippen LogP contribution in [0.5, 0.6) is 11.5 Å². The molecule has 3 aliphatic rings. The lowest BCUT2D eigenvalue weighted by atomic mass is 9.78. The van der Waals surface area contributed by atoms with Crippen molar-refractivity contribution in [3.63, 3.8) is 0 Å². The average molecular weight is 431 g/mol. The smallest absolute Gasteiger partial charge is 0.266 e. The molecule has 3 heterocycles. The fraction of sp³-hybridized carbons (Fsp3) is 0.208. The first-order valence-corrected chi connectivity index (χ1v) is 10.6. The number of nitrogens with zero attached hydrogens (tertiary/aromatic N) is 3. The molecule has 7 heteroatoms. The number of hydrogen-bond acceptors (Lipinski definition) is 5. The molecule has 1 aliphatic carbocycles. The van der Waals surface area contributed by atoms with Crippen molar-refractivity contribution in [1.29, 1.82) is 0 Å². The fourth-order valence-corrected chi connectivity index (χ4v) is 4.67. The van der Waals surface area contributed by atoms with Gasteiger partial charge in [-0.2, -0.15) is 0 Å². The number of likely N-dealkylation sites (N-methyl/N-ethyl adjacent to an activating group) is 1. The van der Waals surface area contributed by atoms with Crippen LogP contribution in [-0.2, 0) is 10.3 Å². The Hall–Kier alpha value is -3.38. The number of benzene rings is 2. The highest BCUT2D eigenvalue weighted by atomic mass is 35.5. The van der Waals surface area contributed by atoms with Gasteiger partial charge in [0.25, 0.3) is 5.91 Å². The Kier molecular flexibility index (Phi) is 3.74. The van der Waals surface area contributed by atoms with Crippen LogP contribution in [0.1, 0.15) is 35.4 Å². The van der Waals surface area contributed by atoms with Crippen LogP contribution < -0.4 is 10.5 Å². The zero-order valence-corrected chi connectivity index (χ0v) is 17.6. The molecule has 1 aromatic heterocycles. The van der Waals surface area contributed by atoms with Crippen molar-refractivity contribution in [3.8, 4) is 22.6 Å². The molecule has 1 atom stereocenters. The number of ether oxygens (including phenoxy) is 1. The predicted octanol–water partition coefficient (Wildman–Crippen LogP) is 4.42. The summed E-state index contributed by atoms with van der Waals surface area (Å²) in [5.41, 5.74) is 9.21. The van der Waals surface area contributed by atoms with Crippen LogP contribution in [0.15, 0.2) is 59.9 Å². The number of aromatic nitrogens is 1. The van der Waals surface area contributed by atoms with Gasteiger partial charge in [-0.3, -0.25) is 14.7 Å². The van der Waals surface area contributed by atoms with Crippen LogP contribution in [-0.4, -0.2) is 28.8 Å². The van der Waals surface area contributed by atoms with Crippen LogP contribution in [0.4, 0.5) is 0 Å². The first kappa shape index (κ1) is 18.4. The number of hydrogen-bond donors (Lipinski definition) is 1. The molecule has 1 saturated carbocycles. The topological polar surface area (TPSA) is 80.8 Å². The van der Waals surface area contributed by atoms with Gasteiger partial charge in [-0.05, 0) is 60.2 Å². The molecule has 2 N–H and O–H groups in total. The van der Waals surface area contributed by atoms with Gasteiger partial charge in [-0.25, -0.2) is 4.99 Å². The molecular formula is C24H19ClN4O2. The maximum absolute atomic E-state index is 13.7. The maximum atomic E-state index is 13.7. The van der Waals surface area contributed by atoms with E-state index in [0.29, 0.717) is 28.0 Å². The molecule has 1 fully saturated rings. The lowest BCUT2D eigenvalue weighted by Crippen LogP contribution is -2.42. The molecule has 2 aromatic carbocycles. The number of guanidine groups is 1. The minimum absolute atomic E-state index is 0.190. The molecule has 1 spiro atoms. The molecular weight excluding hydrogens is 412 g/mol. The van der Waals surface area contributed by atoms with Crippen molar-refractivity contribution in [3.05, 3.63) is 76.6 Å². The summed E-state index contributed by atoms with van der Waals surface area (Å²) in [6.07, 6.45) is 5.65. The Bertz CT molecular complexity index is 1300. The molecule has 0 saturated heterocycles. The van der Waals surface area contributed by atoms with Crippen molar-refractivity contribution >= 4 is 23.5 Å². The second-order valence-corrected chi connectivity index (χ2v) is 8.72. The number of pyridine rings is 1. The third-order valence-electron chi connectivity index (χ3n) is 6.31. The Balaban J connectivity index is 1.61. The summed E-state index contributed by atoms with van der Waals surface area (Å²) in [7, 11) is 1.65. The Labute approximate surface area is 184 Å². The molecule has 1 unspecified atom stereocenters. The molecule has 0 bridgehead atoms. The third kappa shape index (κ3) is 2.61. The van der Waals surface area contributed by atoms with Gasteiger partial charge >= 0.3 is 0 Å². The first-order chi connectivity index (χ1) is 15.0. The van der Waals surface area contributed by atoms with Crippen LogP contribution in [0.3, 0.4) is 0 Å². The van der Waals surface area contributed by atoms with Crippen molar-refractivity contribution < 1.29 is 9.53 Å². The van der Waals surface area contributed by atoms with E-state index in [1.165, 1.54) is 10.5 Å². The van der Waals surface area contributed by atoms with Gasteiger partial charge in [0, 0.05) is 36.1 Å². The second kappa shape index (κ2) is 6.31. The Morgan fingerprint density at radius 1 is 1.06 bits per heavy atom. The standard InChI is InChI=1S/C24H19ClN4O2/c1-29-22(30)24(28-23(29)26)18-9-14(13-2-3-13)4-6-20(18)31-21-7-5-15(10-19(21)24)16-8-17(25)12-27-11-16/h4-13H,2-3H2,1H3,(H2,26,28). The van der Waals surface area contributed by atoms with Crippen LogP contribution in [0.2, 0.25) is 5.02 Å². The van der Waals surface area contributed by atoms with Crippen LogP contribution >= 0.6 is 11.6 Å². The van der Waals surface area contributed by atoms with E-state index < -0.39 is 5.54 Å². The van der Waals surface area contributed by atoms with E-state index in [1.807, 2.05) is 30.3 Å². The zero-order chi connectivity index (χ0) is 21.3. The van der Waals surface area contributed by atoms with E-state index in [9.17, 15) is 4.79 Å². The van der Waals surface area contributed by atoms with E-state index >= 15 is 0 Å². The largest absolute Gasteiger partial charge is 0.457 e. The predicted molar refractivity (Wildman–Crippen MR) is 118 cm³/mol. The number of fused-ring (bicyclic) bond motifs is 4. The lowest BCUT2D eigenvalue weighted by Gasteiger charge is -2.34. The lowest BCUT2D eigenvalue weighted by molar-refractivity contribution is -0.129. The number of nitrogens with two attached hydrogens (primary N) is 1. The van der Waals surface area contributed by atoms with Gasteiger partial charge in [-0.1, -0.05) is 23.7 Å². The minimum atomic E-state index is -1.27. The molecule has 6 rings (SSSR count). The maximum Gasteiger partial charge on any atom is 0.266 e. The number of halogens is 1. The van der Waals surface area contributed by atoms with E-state index in [1.54, 1.807) is 19.4 Å². The van der Waals surface area contributed by atoms with Crippen molar-refractivity contribution in [2.24, 2.45) is 10.7 Å². The summed E-state index contributed by atoms with van der Waals surface area (Å²) < 4.78 is 6.23. The Morgan fingerprint density at radius 2 is 1.81 bits per heavy atom. The number of rotatable bonds is 2. The number of amides is 1. The SMILES string of the molecule is CN1C(=O)C2(N=C1N)c1cc(-c3cncc(Cl)c3)ccc1Oc1ccc(C3CC3)cc12. The third-order valence-corrected chi connectivity index (χ3v) is 6.52. The normalized spacial score (nSPS) is 21.5. The van der Waals surface area contributed by atoms with Crippen molar-refractivity contribution in [2.45, 2.75) is 24.3 Å². The van der Waals surface area contributed by atoms with Crippen molar-refractivity contribution in [2.75, 3.05) is 7.05 Å². The fourth-order valence-electron chi connectivity index (χ4n) is 4.50. The van der Waals surface area contributed by atoms with Crippen LogP contribution in [0.25, 0.3) is 11.1 Å². The molecule has 2 aliphatic heterocycles. The summed E-state index contributed by atoms with van der Waals surface area (Å²) in [6.45, 7) is 0. The summed E-state index contributed by atoms with van der Waals surface area (Å²) in [5, 5.41) is 0.541. The van der Waals surface area contributed by atoms with Gasteiger partial charge in [0.1, 0.15) is 11.5 Å². The molecule has 6 nitrogen and oxygen atoms in total. The van der Waals surface area contributed by atoms with Gasteiger partial charge in [0.2, 0.25) is 5.54 Å². The second-order valence-electron chi connectivity index (χ2n) is 8.28. The highest BCUT2D eigenvalue weighted by Crippen LogP contribution is 2.54. The quantitative estimate of drug-likeness (QED) is 0.652. The van der Waals surface area contributed by atoms with E-state index in [0.717, 1.165) is 29.5 Å². The number of carbonyl (C=O) groups excluding carboxylic acids is 1. The van der Waals surface area contributed by atoms with Gasteiger partial charge in [-0.15, -0.1) is 0 Å². The van der Waals surface area contributed by atoms with Gasteiger partial charge < -0.3 is 10.5 Å². The summed E-state index contributed by atoms with van der Waals surface area (Å²) in [4.78, 5) is 24.0. The molecule has 31 heavy (non-hydrogen) atoms. The average Bonchev–Trinajstić information content (AvgIpc) is 3.59. The van der Waals surface area contributed by atoms with E-state index in [4.69, 9.17) is 27.1 Å². The molecule has 0 radical (unpaired) electrons. The zero-order valence-electron chi connectivity index (χ0n) is 16.8. The highest BCUT2D eigenvalue weighted by molar-refractivity contribution is 6.30. The van der Waals surface area contributed by atoms with E-state index in [-0.39, 0.29) is 11.9 Å². The highest BCUT2D eigenvalue weighted by Gasteiger charge is 2.54. The number of carbonyl (C=O) groups is 1. The molecule has 154 valence electrons. The van der Waals surface area contributed by atoms with Gasteiger partial charge in [0.05, 0.1) is 5.02 Å². The van der Waals surface area contributed by atoms with Gasteiger partial charge in [0.15, 0.2) is 5.96 Å². The Morgan fingerprint density at radius 3 is 2.48 bits per heavy atom. The number of aliphatic imine (C=N–C) groups is 1. The molecule has 1 amide bonds. The first-order valence-electron chi connectivity index (χ1n) is 10.2. The monoisotopic (exact) mass is 430 g/mol. The summed E-state index contributed by atoms with van der Waals surface area (Å²) >= 11 is 6.15. The van der Waals surface area contributed by atoms with Crippen molar-refractivity contribution in [1.82, 2.24) is 9.88 Å². The molecule has 3 aromatic rings. The minimum Gasteiger partial charge on any atom is -0.457 e.